The van der Waals surface area contributed by atoms with E-state index in [1.165, 1.54) is 16.1 Å². The Morgan fingerprint density at radius 1 is 1.36 bits per heavy atom. The van der Waals surface area contributed by atoms with Crippen molar-refractivity contribution in [3.05, 3.63) is 47.0 Å². The molecule has 0 spiro atoms. The molecule has 2 rings (SSSR count). The first-order chi connectivity index (χ1) is 6.77. The van der Waals surface area contributed by atoms with Crippen molar-refractivity contribution in [1.29, 1.82) is 0 Å². The van der Waals surface area contributed by atoms with Gasteiger partial charge in [0.25, 0.3) is 0 Å². The molecule has 1 aromatic rings. The average molecular weight is 203 g/mol. The minimum absolute atomic E-state index is 1.06. The molecule has 1 aliphatic carbocycles. The zero-order chi connectivity index (χ0) is 9.97. The third-order valence-corrected chi connectivity index (χ3v) is 3.65. The SMILES string of the molecule is C=C1CCC(C)=C1Sc1ccccn1. The van der Waals surface area contributed by atoms with Crippen molar-refractivity contribution >= 4 is 11.8 Å². The van der Waals surface area contributed by atoms with Gasteiger partial charge in [-0.1, -0.05) is 30.0 Å². The van der Waals surface area contributed by atoms with Crippen LogP contribution in [0.2, 0.25) is 0 Å². The van der Waals surface area contributed by atoms with E-state index in [9.17, 15) is 0 Å². The van der Waals surface area contributed by atoms with Crippen LogP contribution < -0.4 is 0 Å². The first-order valence-electron chi connectivity index (χ1n) is 4.74. The van der Waals surface area contributed by atoms with E-state index in [-0.39, 0.29) is 0 Å². The van der Waals surface area contributed by atoms with Crippen molar-refractivity contribution in [3.8, 4) is 0 Å². The largest absolute Gasteiger partial charge is 0.250 e. The van der Waals surface area contributed by atoms with E-state index in [1.807, 2.05) is 24.4 Å². The van der Waals surface area contributed by atoms with Crippen LogP contribution in [0.5, 0.6) is 0 Å². The highest BCUT2D eigenvalue weighted by atomic mass is 32.2. The summed E-state index contributed by atoms with van der Waals surface area (Å²) in [6.07, 6.45) is 4.10. The molecule has 0 atom stereocenters. The van der Waals surface area contributed by atoms with Crippen molar-refractivity contribution in [1.82, 2.24) is 4.98 Å². The first-order valence-corrected chi connectivity index (χ1v) is 5.56. The van der Waals surface area contributed by atoms with Gasteiger partial charge in [-0.3, -0.25) is 0 Å². The summed E-state index contributed by atoms with van der Waals surface area (Å²) in [6, 6.07) is 5.99. The van der Waals surface area contributed by atoms with Gasteiger partial charge >= 0.3 is 0 Å². The van der Waals surface area contributed by atoms with E-state index in [2.05, 4.69) is 18.5 Å². The number of hydrogen-bond donors (Lipinski definition) is 0. The summed E-state index contributed by atoms with van der Waals surface area (Å²) in [4.78, 5) is 5.64. The second-order valence-electron chi connectivity index (χ2n) is 3.48. The van der Waals surface area contributed by atoms with Crippen LogP contribution in [0.25, 0.3) is 0 Å². The van der Waals surface area contributed by atoms with E-state index in [0.29, 0.717) is 0 Å². The number of rotatable bonds is 2. The molecule has 1 aromatic heterocycles. The number of hydrogen-bond acceptors (Lipinski definition) is 2. The maximum absolute atomic E-state index is 4.30. The van der Waals surface area contributed by atoms with Gasteiger partial charge in [-0.25, -0.2) is 4.98 Å². The number of aromatic nitrogens is 1. The van der Waals surface area contributed by atoms with Crippen molar-refractivity contribution in [2.75, 3.05) is 0 Å². The highest BCUT2D eigenvalue weighted by molar-refractivity contribution is 8.03. The molecule has 0 fully saturated rings. The molecule has 0 radical (unpaired) electrons. The normalized spacial score (nSPS) is 16.5. The molecule has 0 aliphatic heterocycles. The van der Waals surface area contributed by atoms with E-state index in [4.69, 9.17) is 0 Å². The molecular weight excluding hydrogens is 190 g/mol. The molecule has 0 saturated carbocycles. The Morgan fingerprint density at radius 2 is 2.21 bits per heavy atom. The molecule has 0 saturated heterocycles. The van der Waals surface area contributed by atoms with Crippen LogP contribution >= 0.6 is 11.8 Å². The average Bonchev–Trinajstić information content (AvgIpc) is 2.51. The highest BCUT2D eigenvalue weighted by Crippen LogP contribution is 2.40. The monoisotopic (exact) mass is 203 g/mol. The van der Waals surface area contributed by atoms with Crippen LogP contribution in [0, 0.1) is 0 Å². The van der Waals surface area contributed by atoms with Gasteiger partial charge in [-0.2, -0.15) is 0 Å². The van der Waals surface area contributed by atoms with Gasteiger partial charge in [0, 0.05) is 11.1 Å². The Morgan fingerprint density at radius 3 is 2.79 bits per heavy atom. The van der Waals surface area contributed by atoms with E-state index < -0.39 is 0 Å². The predicted octanol–water partition coefficient (Wildman–Crippen LogP) is 3.80. The van der Waals surface area contributed by atoms with Crippen LogP contribution in [0.15, 0.2) is 52.1 Å². The van der Waals surface area contributed by atoms with Crippen LogP contribution in [-0.2, 0) is 0 Å². The zero-order valence-corrected chi connectivity index (χ0v) is 9.10. The standard InChI is InChI=1S/C12H13NS/c1-9-6-7-10(2)12(9)14-11-5-3-4-8-13-11/h3-5,8H,1,6-7H2,2H3. The van der Waals surface area contributed by atoms with Crippen LogP contribution in [-0.4, -0.2) is 4.98 Å². The molecule has 0 unspecified atom stereocenters. The number of thioether (sulfide) groups is 1. The molecule has 1 heterocycles. The van der Waals surface area contributed by atoms with Gasteiger partial charge in [0.15, 0.2) is 0 Å². The lowest BCUT2D eigenvalue weighted by Gasteiger charge is -2.03. The molecule has 0 amide bonds. The summed E-state index contributed by atoms with van der Waals surface area (Å²) >= 11 is 1.74. The van der Waals surface area contributed by atoms with Crippen molar-refractivity contribution < 1.29 is 0 Å². The molecular formula is C12H13NS. The Bertz CT molecular complexity index is 379. The van der Waals surface area contributed by atoms with E-state index >= 15 is 0 Å². The fourth-order valence-electron chi connectivity index (χ4n) is 1.54. The van der Waals surface area contributed by atoms with Gasteiger partial charge in [0.05, 0.1) is 0 Å². The molecule has 0 aromatic carbocycles. The molecule has 72 valence electrons. The number of pyridine rings is 1. The summed E-state index contributed by atoms with van der Waals surface area (Å²) in [5, 5.41) is 1.06. The summed E-state index contributed by atoms with van der Waals surface area (Å²) in [6.45, 7) is 6.26. The minimum atomic E-state index is 1.06. The molecule has 1 aliphatic rings. The molecule has 0 N–H and O–H groups in total. The predicted molar refractivity (Wildman–Crippen MR) is 61.2 cm³/mol. The maximum atomic E-state index is 4.30. The Hall–Kier alpha value is -1.02. The van der Waals surface area contributed by atoms with Crippen molar-refractivity contribution in [2.24, 2.45) is 0 Å². The fourth-order valence-corrected chi connectivity index (χ4v) is 2.53. The maximum Gasteiger partial charge on any atom is 0.101 e. The quantitative estimate of drug-likeness (QED) is 0.725. The lowest BCUT2D eigenvalue weighted by atomic mass is 10.2. The van der Waals surface area contributed by atoms with Gasteiger partial charge < -0.3 is 0 Å². The van der Waals surface area contributed by atoms with Gasteiger partial charge in [0.1, 0.15) is 5.03 Å². The molecule has 0 bridgehead atoms. The third-order valence-electron chi connectivity index (χ3n) is 2.35. The van der Waals surface area contributed by atoms with Crippen molar-refractivity contribution in [2.45, 2.75) is 24.8 Å². The number of nitrogens with zero attached hydrogens (tertiary/aromatic N) is 1. The smallest absolute Gasteiger partial charge is 0.101 e. The lowest BCUT2D eigenvalue weighted by molar-refractivity contribution is 1.01. The summed E-state index contributed by atoms with van der Waals surface area (Å²) < 4.78 is 0. The summed E-state index contributed by atoms with van der Waals surface area (Å²) in [5.41, 5.74) is 2.71. The third kappa shape index (κ3) is 1.90. The van der Waals surface area contributed by atoms with Crippen LogP contribution in [0.4, 0.5) is 0 Å². The molecule has 14 heavy (non-hydrogen) atoms. The number of allylic oxidation sites excluding steroid dienone is 2. The highest BCUT2D eigenvalue weighted by Gasteiger charge is 2.16. The fraction of sp³-hybridized carbons (Fsp3) is 0.250. The Labute approximate surface area is 88.9 Å². The molecule has 2 heteroatoms. The van der Waals surface area contributed by atoms with Gasteiger partial charge in [-0.05, 0) is 37.5 Å². The summed E-state index contributed by atoms with van der Waals surface area (Å²) in [5.74, 6) is 0. The second-order valence-corrected chi connectivity index (χ2v) is 4.51. The van der Waals surface area contributed by atoms with E-state index in [0.717, 1.165) is 17.9 Å². The zero-order valence-electron chi connectivity index (χ0n) is 8.29. The van der Waals surface area contributed by atoms with Crippen molar-refractivity contribution in [3.63, 3.8) is 0 Å². The van der Waals surface area contributed by atoms with Gasteiger partial charge in [-0.15, -0.1) is 0 Å². The van der Waals surface area contributed by atoms with Crippen LogP contribution in [0.3, 0.4) is 0 Å². The van der Waals surface area contributed by atoms with Gasteiger partial charge in [0.2, 0.25) is 0 Å². The lowest BCUT2D eigenvalue weighted by Crippen LogP contribution is -1.81. The van der Waals surface area contributed by atoms with Crippen LogP contribution in [0.1, 0.15) is 19.8 Å². The van der Waals surface area contributed by atoms with E-state index in [1.54, 1.807) is 11.8 Å². The first kappa shape index (κ1) is 9.53. The summed E-state index contributed by atoms with van der Waals surface area (Å²) in [7, 11) is 0. The second kappa shape index (κ2) is 4.01. The Balaban J connectivity index is 2.19. The topological polar surface area (TPSA) is 12.9 Å². The minimum Gasteiger partial charge on any atom is -0.250 e. The molecule has 1 nitrogen and oxygen atoms in total. The Kier molecular flexibility index (Phi) is 2.73.